The molecule has 1 aliphatic heterocycles. The molecule has 1 aliphatic rings. The molecule has 0 unspecified atom stereocenters. The zero-order valence-corrected chi connectivity index (χ0v) is 14.2. The van der Waals surface area contributed by atoms with Gasteiger partial charge in [0.1, 0.15) is 12.2 Å². The van der Waals surface area contributed by atoms with Crippen LogP contribution in [0.15, 0.2) is 6.33 Å². The number of carbonyl (C=O) groups is 1. The fraction of sp³-hybridized carbons (Fsp3) is 0.812. The van der Waals surface area contributed by atoms with E-state index in [4.69, 9.17) is 5.73 Å². The Kier molecular flexibility index (Phi) is 5.56. The molecule has 0 bridgehead atoms. The summed E-state index contributed by atoms with van der Waals surface area (Å²) in [7, 11) is 0. The summed E-state index contributed by atoms with van der Waals surface area (Å²) in [6.07, 6.45) is 4.75. The van der Waals surface area contributed by atoms with Crippen molar-refractivity contribution in [3.05, 3.63) is 12.2 Å². The van der Waals surface area contributed by atoms with Gasteiger partial charge in [0.2, 0.25) is 5.91 Å². The molecule has 2 rings (SSSR count). The van der Waals surface area contributed by atoms with Gasteiger partial charge < -0.3 is 15.2 Å². The fourth-order valence-corrected chi connectivity index (χ4v) is 3.04. The molecule has 1 aromatic rings. The van der Waals surface area contributed by atoms with E-state index in [0.717, 1.165) is 31.6 Å². The van der Waals surface area contributed by atoms with E-state index in [-0.39, 0.29) is 17.7 Å². The smallest absolute Gasteiger partial charge is 0.239 e. The number of amides is 1. The molecule has 1 fully saturated rings. The van der Waals surface area contributed by atoms with Gasteiger partial charge in [-0.3, -0.25) is 4.79 Å². The maximum absolute atomic E-state index is 12.6. The zero-order valence-electron chi connectivity index (χ0n) is 14.2. The molecule has 3 atom stereocenters. The first-order valence-electron chi connectivity index (χ1n) is 8.39. The number of hydrogen-bond donors (Lipinski definition) is 1. The molecule has 0 radical (unpaired) electrons. The van der Waals surface area contributed by atoms with E-state index in [1.54, 1.807) is 6.33 Å². The van der Waals surface area contributed by atoms with E-state index in [2.05, 4.69) is 35.5 Å². The maximum atomic E-state index is 12.6. The zero-order chi connectivity index (χ0) is 16.3. The van der Waals surface area contributed by atoms with Crippen LogP contribution >= 0.6 is 0 Å². The molecule has 22 heavy (non-hydrogen) atoms. The Balaban J connectivity index is 2.09. The van der Waals surface area contributed by atoms with Crippen LogP contribution in [0.1, 0.15) is 64.7 Å². The lowest BCUT2D eigenvalue weighted by molar-refractivity contribution is -0.135. The van der Waals surface area contributed by atoms with Crippen LogP contribution < -0.4 is 5.73 Å². The minimum Gasteiger partial charge on any atom is -0.341 e. The van der Waals surface area contributed by atoms with Crippen molar-refractivity contribution in [1.82, 2.24) is 19.7 Å². The topological polar surface area (TPSA) is 77.0 Å². The Morgan fingerprint density at radius 1 is 1.45 bits per heavy atom. The standard InChI is InChI=1S/C16H29N5O/c1-5-12(4)14(17)16(22)20-8-6-7-13(9-20)15-19-18-10-21(15)11(2)3/h10-14H,5-9,17H2,1-4H3/t12-,13+,14+/m0/s1. The van der Waals surface area contributed by atoms with Crippen LogP contribution in [0.2, 0.25) is 0 Å². The molecule has 2 N–H and O–H groups in total. The van der Waals surface area contributed by atoms with Crippen LogP contribution in [0, 0.1) is 5.92 Å². The summed E-state index contributed by atoms with van der Waals surface area (Å²) >= 11 is 0. The largest absolute Gasteiger partial charge is 0.341 e. The number of hydrogen-bond acceptors (Lipinski definition) is 4. The second kappa shape index (κ2) is 7.22. The second-order valence-corrected chi connectivity index (χ2v) is 6.72. The predicted molar refractivity (Wildman–Crippen MR) is 86.4 cm³/mol. The third kappa shape index (κ3) is 3.48. The van der Waals surface area contributed by atoms with Gasteiger partial charge in [-0.25, -0.2) is 0 Å². The van der Waals surface area contributed by atoms with Gasteiger partial charge in [0.05, 0.1) is 6.04 Å². The molecule has 1 saturated heterocycles. The van der Waals surface area contributed by atoms with E-state index in [0.29, 0.717) is 12.6 Å². The van der Waals surface area contributed by atoms with Crippen molar-refractivity contribution in [2.24, 2.45) is 11.7 Å². The minimum absolute atomic E-state index is 0.0784. The molecule has 1 aromatic heterocycles. The van der Waals surface area contributed by atoms with E-state index >= 15 is 0 Å². The number of piperidine rings is 1. The van der Waals surface area contributed by atoms with Crippen LogP contribution in [0.4, 0.5) is 0 Å². The van der Waals surface area contributed by atoms with Gasteiger partial charge in [-0.2, -0.15) is 0 Å². The van der Waals surface area contributed by atoms with Gasteiger partial charge >= 0.3 is 0 Å². The highest BCUT2D eigenvalue weighted by molar-refractivity contribution is 5.82. The first-order chi connectivity index (χ1) is 10.5. The third-order valence-electron chi connectivity index (χ3n) is 4.80. The first kappa shape index (κ1) is 16.9. The molecule has 1 amide bonds. The van der Waals surface area contributed by atoms with Crippen molar-refractivity contribution >= 4 is 5.91 Å². The lowest BCUT2D eigenvalue weighted by atomic mass is 9.94. The molecule has 124 valence electrons. The number of carbonyl (C=O) groups excluding carboxylic acids is 1. The minimum atomic E-state index is -0.397. The first-order valence-corrected chi connectivity index (χ1v) is 8.39. The second-order valence-electron chi connectivity index (χ2n) is 6.72. The number of nitrogens with zero attached hydrogens (tertiary/aromatic N) is 4. The summed E-state index contributed by atoms with van der Waals surface area (Å²) in [5, 5.41) is 8.34. The predicted octanol–water partition coefficient (Wildman–Crippen LogP) is 1.94. The molecular formula is C16H29N5O. The number of likely N-dealkylation sites (tertiary alicyclic amines) is 1. The summed E-state index contributed by atoms with van der Waals surface area (Å²) in [6, 6.07) is -0.0647. The summed E-state index contributed by atoms with van der Waals surface area (Å²) in [5.41, 5.74) is 6.12. The van der Waals surface area contributed by atoms with Gasteiger partial charge in [-0.05, 0) is 32.6 Å². The van der Waals surface area contributed by atoms with E-state index in [1.807, 2.05) is 11.8 Å². The lowest BCUT2D eigenvalue weighted by Crippen LogP contribution is -2.50. The van der Waals surface area contributed by atoms with Crippen LogP contribution in [-0.2, 0) is 4.79 Å². The third-order valence-corrected chi connectivity index (χ3v) is 4.80. The monoisotopic (exact) mass is 307 g/mol. The molecule has 0 aromatic carbocycles. The van der Waals surface area contributed by atoms with Crippen molar-refractivity contribution in [3.8, 4) is 0 Å². The van der Waals surface area contributed by atoms with Crippen molar-refractivity contribution in [2.45, 2.75) is 65.0 Å². The van der Waals surface area contributed by atoms with Gasteiger partial charge in [-0.15, -0.1) is 10.2 Å². The highest BCUT2D eigenvalue weighted by Crippen LogP contribution is 2.27. The van der Waals surface area contributed by atoms with Crippen molar-refractivity contribution < 1.29 is 4.79 Å². The number of aromatic nitrogens is 3. The summed E-state index contributed by atoms with van der Waals surface area (Å²) in [4.78, 5) is 14.5. The van der Waals surface area contributed by atoms with E-state index in [9.17, 15) is 4.79 Å². The normalized spacial score (nSPS) is 21.9. The Labute approximate surface area is 133 Å². The Hall–Kier alpha value is -1.43. The SMILES string of the molecule is CC[C@H](C)[C@@H](N)C(=O)N1CCC[C@@H](c2nncn2C(C)C)C1. The van der Waals surface area contributed by atoms with Crippen LogP contribution in [0.3, 0.4) is 0 Å². The fourth-order valence-electron chi connectivity index (χ4n) is 3.04. The summed E-state index contributed by atoms with van der Waals surface area (Å²) in [6.45, 7) is 9.86. The summed E-state index contributed by atoms with van der Waals surface area (Å²) < 4.78 is 2.10. The van der Waals surface area contributed by atoms with Gasteiger partial charge in [0.25, 0.3) is 0 Å². The van der Waals surface area contributed by atoms with E-state index < -0.39 is 6.04 Å². The number of nitrogens with two attached hydrogens (primary N) is 1. The molecule has 6 nitrogen and oxygen atoms in total. The molecule has 2 heterocycles. The Morgan fingerprint density at radius 2 is 2.18 bits per heavy atom. The van der Waals surface area contributed by atoms with Crippen LogP contribution in [0.5, 0.6) is 0 Å². The molecule has 0 saturated carbocycles. The molecule has 0 spiro atoms. The van der Waals surface area contributed by atoms with Crippen LogP contribution in [-0.4, -0.2) is 44.7 Å². The van der Waals surface area contributed by atoms with Gasteiger partial charge in [0.15, 0.2) is 0 Å². The molecular weight excluding hydrogens is 278 g/mol. The summed E-state index contributed by atoms with van der Waals surface area (Å²) in [5.74, 6) is 1.54. The molecule has 0 aliphatic carbocycles. The average molecular weight is 307 g/mol. The highest BCUT2D eigenvalue weighted by Gasteiger charge is 2.31. The maximum Gasteiger partial charge on any atom is 0.239 e. The Morgan fingerprint density at radius 3 is 2.82 bits per heavy atom. The molecule has 6 heteroatoms. The van der Waals surface area contributed by atoms with E-state index in [1.165, 1.54) is 0 Å². The quantitative estimate of drug-likeness (QED) is 0.902. The van der Waals surface area contributed by atoms with Crippen molar-refractivity contribution in [3.63, 3.8) is 0 Å². The van der Waals surface area contributed by atoms with Gasteiger partial charge in [0, 0.05) is 25.0 Å². The lowest BCUT2D eigenvalue weighted by Gasteiger charge is -2.35. The van der Waals surface area contributed by atoms with Crippen molar-refractivity contribution in [1.29, 1.82) is 0 Å². The average Bonchev–Trinajstić information content (AvgIpc) is 3.02. The number of rotatable bonds is 5. The Bertz CT molecular complexity index is 498. The highest BCUT2D eigenvalue weighted by atomic mass is 16.2. The van der Waals surface area contributed by atoms with Gasteiger partial charge in [-0.1, -0.05) is 20.3 Å². The van der Waals surface area contributed by atoms with Crippen LogP contribution in [0.25, 0.3) is 0 Å². The van der Waals surface area contributed by atoms with Crippen molar-refractivity contribution in [2.75, 3.05) is 13.1 Å².